The number of amides is 6. The van der Waals surface area contributed by atoms with Gasteiger partial charge in [-0.1, -0.05) is 12.1 Å². The maximum atomic E-state index is 12.9. The van der Waals surface area contributed by atoms with Crippen molar-refractivity contribution in [3.63, 3.8) is 0 Å². The van der Waals surface area contributed by atoms with Crippen LogP contribution >= 0.6 is 0 Å². The van der Waals surface area contributed by atoms with Gasteiger partial charge in [-0.05, 0) is 69.2 Å². The summed E-state index contributed by atoms with van der Waals surface area (Å²) in [4.78, 5) is 57.3. The highest BCUT2D eigenvalue weighted by Crippen LogP contribution is 2.24. The van der Waals surface area contributed by atoms with Crippen molar-refractivity contribution < 1.29 is 28.7 Å². The Morgan fingerprint density at radius 2 is 1.17 bits per heavy atom. The molecule has 1 aromatic rings. The number of anilines is 1. The van der Waals surface area contributed by atoms with Gasteiger partial charge in [-0.15, -0.1) is 0 Å². The number of nitrogens with zero attached hydrogens (tertiary/aromatic N) is 4. The normalized spacial score (nSPS) is 20.4. The molecule has 0 unspecified atom stereocenters. The lowest BCUT2D eigenvalue weighted by Crippen LogP contribution is -2.53. The van der Waals surface area contributed by atoms with Crippen molar-refractivity contribution in [2.75, 3.05) is 70.8 Å². The van der Waals surface area contributed by atoms with Crippen molar-refractivity contribution in [2.45, 2.75) is 63.7 Å². The second-order valence-electron chi connectivity index (χ2n) is 12.1. The number of urea groups is 2. The molecule has 4 rings (SSSR count). The maximum Gasteiger partial charge on any atom is 0.410 e. The zero-order chi connectivity index (χ0) is 33.6. The Morgan fingerprint density at radius 1 is 0.723 bits per heavy atom. The van der Waals surface area contributed by atoms with E-state index in [4.69, 9.17) is 26.4 Å². The van der Waals surface area contributed by atoms with E-state index < -0.39 is 0 Å². The third-order valence-corrected chi connectivity index (χ3v) is 8.62. The predicted octanol–water partition coefficient (Wildman–Crippen LogP) is 1.86. The van der Waals surface area contributed by atoms with Crippen LogP contribution in [0.25, 0.3) is 0 Å². The minimum absolute atomic E-state index is 0.132. The molecule has 3 aliphatic rings. The molecule has 0 spiro atoms. The summed E-state index contributed by atoms with van der Waals surface area (Å²) in [7, 11) is 0. The van der Waals surface area contributed by atoms with Gasteiger partial charge in [-0.2, -0.15) is 0 Å². The molecule has 47 heavy (non-hydrogen) atoms. The van der Waals surface area contributed by atoms with Crippen LogP contribution in [-0.2, 0) is 16.0 Å². The van der Waals surface area contributed by atoms with E-state index in [-0.39, 0.29) is 42.4 Å². The number of nitrogens with one attached hydrogen (secondary N) is 4. The van der Waals surface area contributed by atoms with Gasteiger partial charge < -0.3 is 56.5 Å². The fourth-order valence-corrected chi connectivity index (χ4v) is 5.85. The number of hydrogen-bond acceptors (Lipinski definition) is 8. The van der Waals surface area contributed by atoms with E-state index >= 15 is 0 Å². The molecule has 1 saturated carbocycles. The molecule has 0 bridgehead atoms. The number of carbonyl (C=O) groups is 4. The molecule has 2 saturated heterocycles. The Balaban J connectivity index is 1.09. The first-order valence-corrected chi connectivity index (χ1v) is 16.6. The van der Waals surface area contributed by atoms with Gasteiger partial charge in [-0.25, -0.2) is 19.2 Å². The summed E-state index contributed by atoms with van der Waals surface area (Å²) in [6.45, 7) is 4.83. The van der Waals surface area contributed by atoms with E-state index in [1.165, 1.54) is 0 Å². The van der Waals surface area contributed by atoms with Crippen LogP contribution in [0.4, 0.5) is 24.9 Å². The standard InChI is InChI=1S/C31H50N10O6/c32-12-3-13-35-28(42)38-14-18-40(19-15-38)30(44)46-25-4-1-6-26(7-2-5-25)47-31(45)41-20-16-39(17-21-41)29(43)36-22-23-8-10-24(11-9-23)37-27(33)34/h8-11,25-26H,1-7,12-22,32H2,(H,35,42)(H,36,43)(H4,33,34,37)/t25-,26+. The lowest BCUT2D eigenvalue weighted by molar-refractivity contribution is 0.0197. The molecule has 2 heterocycles. The highest BCUT2D eigenvalue weighted by atomic mass is 16.6. The van der Waals surface area contributed by atoms with Crippen molar-refractivity contribution >= 4 is 35.9 Å². The first-order chi connectivity index (χ1) is 22.7. The van der Waals surface area contributed by atoms with E-state index in [9.17, 15) is 19.2 Å². The van der Waals surface area contributed by atoms with Crippen LogP contribution in [0.5, 0.6) is 0 Å². The van der Waals surface area contributed by atoms with Gasteiger partial charge in [0, 0.05) is 71.1 Å². The van der Waals surface area contributed by atoms with Gasteiger partial charge in [-0.3, -0.25) is 5.41 Å². The molecule has 260 valence electrons. The molecule has 0 aromatic heterocycles. The fourth-order valence-electron chi connectivity index (χ4n) is 5.85. The summed E-state index contributed by atoms with van der Waals surface area (Å²) in [5.74, 6) is -0.140. The van der Waals surface area contributed by atoms with Crippen LogP contribution in [0, 0.1) is 5.41 Å². The van der Waals surface area contributed by atoms with Gasteiger partial charge in [0.25, 0.3) is 0 Å². The Kier molecular flexibility index (Phi) is 13.6. The summed E-state index contributed by atoms with van der Waals surface area (Å²) in [5.41, 5.74) is 12.4. The number of guanidine groups is 1. The summed E-state index contributed by atoms with van der Waals surface area (Å²) in [6, 6.07) is 6.95. The van der Waals surface area contributed by atoms with Crippen LogP contribution in [0.3, 0.4) is 0 Å². The second kappa shape index (κ2) is 18.0. The smallest absolute Gasteiger partial charge is 0.410 e. The zero-order valence-electron chi connectivity index (χ0n) is 27.1. The zero-order valence-corrected chi connectivity index (χ0v) is 27.1. The summed E-state index contributed by atoms with van der Waals surface area (Å²) in [5, 5.41) is 15.7. The highest BCUT2D eigenvalue weighted by molar-refractivity contribution is 5.89. The average Bonchev–Trinajstić information content (AvgIpc) is 3.06. The minimum Gasteiger partial charge on any atom is -0.446 e. The fraction of sp³-hybridized carbons (Fsp3) is 0.645. The van der Waals surface area contributed by atoms with Crippen LogP contribution < -0.4 is 27.4 Å². The Morgan fingerprint density at radius 3 is 1.62 bits per heavy atom. The van der Waals surface area contributed by atoms with E-state index in [0.717, 1.165) is 24.8 Å². The van der Waals surface area contributed by atoms with Gasteiger partial charge >= 0.3 is 24.2 Å². The first kappa shape index (κ1) is 35.4. The number of hydrogen-bond donors (Lipinski definition) is 6. The van der Waals surface area contributed by atoms with Crippen LogP contribution in [0.2, 0.25) is 0 Å². The monoisotopic (exact) mass is 658 g/mol. The molecule has 16 nitrogen and oxygen atoms in total. The van der Waals surface area contributed by atoms with Crippen molar-refractivity contribution in [1.82, 2.24) is 30.2 Å². The Bertz CT molecular complexity index is 1190. The molecule has 1 aromatic carbocycles. The van der Waals surface area contributed by atoms with Gasteiger partial charge in [0.2, 0.25) is 0 Å². The predicted molar refractivity (Wildman–Crippen MR) is 176 cm³/mol. The number of rotatable bonds is 8. The lowest BCUT2D eigenvalue weighted by Gasteiger charge is -2.35. The molecule has 6 amide bonds. The average molecular weight is 659 g/mol. The van der Waals surface area contributed by atoms with Crippen molar-refractivity contribution in [3.05, 3.63) is 29.8 Å². The third kappa shape index (κ3) is 11.4. The summed E-state index contributed by atoms with van der Waals surface area (Å²) >= 11 is 0. The van der Waals surface area contributed by atoms with Crippen molar-refractivity contribution in [1.29, 1.82) is 5.41 Å². The minimum atomic E-state index is -0.356. The number of ether oxygens (including phenoxy) is 2. The summed E-state index contributed by atoms with van der Waals surface area (Å²) in [6.07, 6.45) is 4.01. The molecule has 8 N–H and O–H groups in total. The Labute approximate surface area is 275 Å². The number of piperazine rings is 2. The molecular weight excluding hydrogens is 608 g/mol. The number of benzene rings is 1. The third-order valence-electron chi connectivity index (χ3n) is 8.62. The maximum absolute atomic E-state index is 12.9. The SMILES string of the molecule is N=C(N)Nc1ccc(CNC(=O)N2CCN(C(=O)O[C@H]3CCC[C@@H](OC(=O)N4CCN(C(=O)NCCCN)CC4)CCC3)CC2)cc1. The van der Waals surface area contributed by atoms with Gasteiger partial charge in [0.05, 0.1) is 0 Å². The van der Waals surface area contributed by atoms with Crippen molar-refractivity contribution in [3.8, 4) is 0 Å². The Hall–Kier alpha value is -4.47. The molecule has 1 aliphatic carbocycles. The van der Waals surface area contributed by atoms with Crippen LogP contribution in [0.15, 0.2) is 24.3 Å². The molecule has 2 aliphatic heterocycles. The van der Waals surface area contributed by atoms with Gasteiger partial charge in [0.1, 0.15) is 12.2 Å². The van der Waals surface area contributed by atoms with E-state index in [0.29, 0.717) is 103 Å². The summed E-state index contributed by atoms with van der Waals surface area (Å²) < 4.78 is 11.7. The van der Waals surface area contributed by atoms with Gasteiger partial charge in [0.15, 0.2) is 5.96 Å². The second-order valence-corrected chi connectivity index (χ2v) is 12.1. The largest absolute Gasteiger partial charge is 0.446 e. The molecule has 0 radical (unpaired) electrons. The molecule has 0 atom stereocenters. The molecule has 3 fully saturated rings. The van der Waals surface area contributed by atoms with Crippen molar-refractivity contribution in [2.24, 2.45) is 11.5 Å². The van der Waals surface area contributed by atoms with Crippen LogP contribution in [-0.4, -0.2) is 127 Å². The van der Waals surface area contributed by atoms with E-state index in [2.05, 4.69) is 16.0 Å². The number of nitrogens with two attached hydrogens (primary N) is 2. The highest BCUT2D eigenvalue weighted by Gasteiger charge is 2.30. The topological polar surface area (TPSA) is 212 Å². The van der Waals surface area contributed by atoms with E-state index in [1.807, 2.05) is 12.1 Å². The number of carbonyl (C=O) groups excluding carboxylic acids is 4. The van der Waals surface area contributed by atoms with Crippen LogP contribution in [0.1, 0.15) is 50.5 Å². The van der Waals surface area contributed by atoms with E-state index in [1.54, 1.807) is 31.7 Å². The molecule has 16 heteroatoms. The first-order valence-electron chi connectivity index (χ1n) is 16.6. The quantitative estimate of drug-likeness (QED) is 0.137. The molecular formula is C31H50N10O6. The lowest BCUT2D eigenvalue weighted by atomic mass is 9.96.